The summed E-state index contributed by atoms with van der Waals surface area (Å²) in [5.74, 6) is -6.35. The summed E-state index contributed by atoms with van der Waals surface area (Å²) >= 11 is 0. The lowest BCUT2D eigenvalue weighted by molar-refractivity contribution is -0.265. The number of Topliss-reactive ketones (excluding diaryl/α,β-unsaturated/α-hetero) is 1. The highest BCUT2D eigenvalue weighted by molar-refractivity contribution is 6.04. The van der Waals surface area contributed by atoms with Gasteiger partial charge in [0, 0.05) is 56.1 Å². The summed E-state index contributed by atoms with van der Waals surface area (Å²) in [6.07, 6.45) is 10.9. The first kappa shape index (κ1) is 72.3. The number of carbonyl (C=O) groups excluding carboxylic acids is 6. The van der Waals surface area contributed by atoms with Gasteiger partial charge >= 0.3 is 30.1 Å². The van der Waals surface area contributed by atoms with Crippen molar-refractivity contribution in [1.29, 1.82) is 0 Å². The van der Waals surface area contributed by atoms with Crippen molar-refractivity contribution in [2.75, 3.05) is 13.2 Å². The summed E-state index contributed by atoms with van der Waals surface area (Å²) in [6, 6.07) is 24.5. The molecule has 3 aromatic rings. The van der Waals surface area contributed by atoms with Gasteiger partial charge in [0.25, 0.3) is 5.97 Å². The normalized spacial score (nSPS) is 24.4. The number of unbranched alkanes of at least 4 members (excludes halogenated alkanes) is 2. The maximum Gasteiger partial charge on any atom is 0.408 e. The van der Waals surface area contributed by atoms with Crippen LogP contribution in [-0.2, 0) is 54.2 Å². The van der Waals surface area contributed by atoms with Gasteiger partial charge in [0.05, 0.1) is 29.8 Å². The van der Waals surface area contributed by atoms with Crippen LogP contribution in [0.25, 0.3) is 0 Å². The monoisotopic (exact) mass is 1160 g/mol. The quantitative estimate of drug-likeness (QED) is 0.0294. The minimum Gasteiger partial charge on any atom is -0.481 e. The lowest BCUT2D eigenvalue weighted by atomic mass is 9.48. The number of aliphatic hydroxyl groups excluding tert-OH is 1. The van der Waals surface area contributed by atoms with Gasteiger partial charge in [-0.3, -0.25) is 14.4 Å². The largest absolute Gasteiger partial charge is 0.481 e. The molecule has 18 heteroatoms. The van der Waals surface area contributed by atoms with Gasteiger partial charge in [0.1, 0.15) is 36.1 Å². The minimum absolute atomic E-state index is 0.000489. The third-order valence-corrected chi connectivity index (χ3v) is 14.9. The van der Waals surface area contributed by atoms with E-state index in [0.29, 0.717) is 30.4 Å². The van der Waals surface area contributed by atoms with Crippen molar-refractivity contribution < 1.29 is 77.3 Å². The molecule has 0 aromatic heterocycles. The van der Waals surface area contributed by atoms with Crippen molar-refractivity contribution in [3.63, 3.8) is 0 Å². The van der Waals surface area contributed by atoms with Crippen LogP contribution in [0.4, 0.5) is 9.59 Å². The molecule has 1 unspecified atom stereocenters. The number of esters is 3. The predicted octanol–water partition coefficient (Wildman–Crippen LogP) is 10.4. The zero-order valence-electron chi connectivity index (χ0n) is 50.8. The Morgan fingerprint density at radius 2 is 1.37 bits per heavy atom. The van der Waals surface area contributed by atoms with Crippen LogP contribution in [0, 0.1) is 48.9 Å². The summed E-state index contributed by atoms with van der Waals surface area (Å²) in [5, 5.41) is 38.2. The van der Waals surface area contributed by atoms with Crippen molar-refractivity contribution in [1.82, 2.24) is 10.6 Å². The third kappa shape index (κ3) is 18.1. The van der Waals surface area contributed by atoms with Crippen LogP contribution in [0.15, 0.2) is 114 Å². The number of fused-ring (bicyclic) bond motifs is 5. The zero-order valence-corrected chi connectivity index (χ0v) is 50.8. The van der Waals surface area contributed by atoms with Crippen molar-refractivity contribution >= 4 is 41.8 Å². The number of alkyl carbamates (subject to hydrolysis) is 2. The average Bonchev–Trinajstić information content (AvgIpc) is 0.793. The molecule has 7 rings (SSSR count). The Bertz CT molecular complexity index is 2730. The van der Waals surface area contributed by atoms with Crippen molar-refractivity contribution in [3.8, 4) is 25.7 Å². The molecule has 3 fully saturated rings. The number of nitrogens with one attached hydrogen (secondary N) is 2. The molecule has 0 spiro atoms. The highest BCUT2D eigenvalue weighted by Gasteiger charge is 2.69. The number of terminal acetylenes is 2. The fourth-order valence-corrected chi connectivity index (χ4v) is 10.9. The second-order valence-corrected chi connectivity index (χ2v) is 21.4. The number of hydrogen-bond acceptors (Lipinski definition) is 15. The molecule has 2 bridgehead atoms. The lowest BCUT2D eigenvalue weighted by Gasteiger charge is -2.62. The van der Waals surface area contributed by atoms with Crippen LogP contribution in [0.5, 0.6) is 0 Å². The molecule has 1 heterocycles. The third-order valence-electron chi connectivity index (χ3n) is 14.9. The highest BCUT2D eigenvalue weighted by atomic mass is 16.6. The fraction of sp³-hybridized carbons (Fsp3) is 0.500. The highest BCUT2D eigenvalue weighted by Crippen LogP contribution is 2.60. The Morgan fingerprint density at radius 3 is 1.90 bits per heavy atom. The molecular formula is C66H88N2O16. The number of carboxylic acid groups (broad SMARTS) is 1. The Kier molecular flexibility index (Phi) is 28.9. The van der Waals surface area contributed by atoms with Crippen LogP contribution in [0.3, 0.4) is 0 Å². The SMILES string of the molecule is C#C.C#C.C=C1C(=O)[C@@]2(C)C([C@@H]3CO[C@@H]3C[C@@H]2O)[C@H](OC(=O)c2ccccc2)[C@]2(O)C[C@H](OC(=O)[C@](C)(OC(=O)CCCCCNC(=O)OCc3ccccc3)[C@@H](NC(=O)OC(C)(C)C)c3ccccc3)C(C)=C1[C@H]2C.CC.CC.CC(=O)O. The van der Waals surface area contributed by atoms with Crippen LogP contribution in [0.2, 0.25) is 0 Å². The van der Waals surface area contributed by atoms with E-state index in [4.69, 9.17) is 38.3 Å². The van der Waals surface area contributed by atoms with Gasteiger partial charge in [-0.05, 0) is 88.8 Å². The molecule has 3 aromatic carbocycles. The smallest absolute Gasteiger partial charge is 0.408 e. The number of carboxylic acids is 1. The number of carbonyl (C=O) groups is 7. The summed E-state index contributed by atoms with van der Waals surface area (Å²) < 4.78 is 35.9. The Hall–Kier alpha value is -7.77. The topological polar surface area (TPSA) is 260 Å². The fourth-order valence-electron chi connectivity index (χ4n) is 10.9. The van der Waals surface area contributed by atoms with Gasteiger partial charge in [-0.15, -0.1) is 25.7 Å². The van der Waals surface area contributed by atoms with E-state index in [1.165, 1.54) is 6.92 Å². The van der Waals surface area contributed by atoms with E-state index in [-0.39, 0.29) is 55.7 Å². The van der Waals surface area contributed by atoms with Crippen LogP contribution in [-0.4, -0.2) is 112 Å². The number of amides is 2. The summed E-state index contributed by atoms with van der Waals surface area (Å²) in [5.41, 5.74) is -4.92. The predicted molar refractivity (Wildman–Crippen MR) is 318 cm³/mol. The number of aliphatic carboxylic acids is 1. The lowest BCUT2D eigenvalue weighted by Crippen LogP contribution is -2.71. The second kappa shape index (κ2) is 33.5. The standard InChI is InChI=1S/C56H68N2O14.C2H4O2.2C2H6.2C2H2/c1-33-41(30-56(66)35(3)44(33)34(2)47(61)54(7)42(59)29-40-39(32-67-40)45(54)48(56)70-49(62)38-25-17-11-18-26-38)69-50(63)55(8,46(37-23-15-10-16-24-37)58-52(65)72-53(4,5)6)71-43(60)27-19-12-20-28-57-51(64)68-31-36-21-13-9-14-22-36;1-2(3)4;4*1-2/h9-11,13-18,21-26,35,39-42,45-46,48,59,66H,2,12,19-20,27-32H2,1,3-8H3,(H,57,64)(H,58,65);1H3,(H,3,4);2*1-2H3;2*1-2H/t35-,39-,40-,41+,42+,45?,46+,48+,54-,55-,56+;;;;;/m1...../s1. The molecule has 3 aliphatic carbocycles. The molecule has 18 nitrogen and oxygen atoms in total. The first-order chi connectivity index (χ1) is 39.8. The number of ketones is 1. The first-order valence-electron chi connectivity index (χ1n) is 28.3. The molecule has 2 saturated carbocycles. The molecule has 2 amide bonds. The second-order valence-electron chi connectivity index (χ2n) is 21.4. The maximum atomic E-state index is 15.3. The Morgan fingerprint density at radius 1 is 0.821 bits per heavy atom. The molecule has 1 aliphatic heterocycles. The van der Waals surface area contributed by atoms with Gasteiger partial charge in [-0.25, -0.2) is 19.2 Å². The van der Waals surface area contributed by atoms with Crippen LogP contribution >= 0.6 is 0 Å². The summed E-state index contributed by atoms with van der Waals surface area (Å²) in [7, 11) is 0. The number of allylic oxidation sites excluding steroid dienone is 1. The van der Waals surface area contributed by atoms with E-state index in [9.17, 15) is 29.4 Å². The Balaban J connectivity index is 0.00000187. The van der Waals surface area contributed by atoms with Crippen molar-refractivity contribution in [2.24, 2.45) is 23.2 Å². The molecule has 5 N–H and O–H groups in total. The average molecular weight is 1170 g/mol. The maximum absolute atomic E-state index is 15.3. The van der Waals surface area contributed by atoms with E-state index in [2.05, 4.69) is 42.9 Å². The number of aliphatic hydroxyl groups is 2. The summed E-state index contributed by atoms with van der Waals surface area (Å²) in [6.45, 7) is 25.2. The molecule has 1 saturated heterocycles. The minimum atomic E-state index is -2.31. The van der Waals surface area contributed by atoms with Gasteiger partial charge < -0.3 is 54.4 Å². The number of ether oxygens (including phenoxy) is 6. The summed E-state index contributed by atoms with van der Waals surface area (Å²) in [4.78, 5) is 93.5. The van der Waals surface area contributed by atoms with Gasteiger partial charge in [0.15, 0.2) is 5.78 Å². The number of hydrogen-bond donors (Lipinski definition) is 5. The van der Waals surface area contributed by atoms with E-state index < -0.39 is 112 Å². The van der Waals surface area contributed by atoms with E-state index in [0.717, 1.165) is 12.5 Å². The van der Waals surface area contributed by atoms with Crippen LogP contribution < -0.4 is 10.6 Å². The van der Waals surface area contributed by atoms with E-state index >= 15 is 9.59 Å². The molecule has 11 atom stereocenters. The number of benzene rings is 3. The van der Waals surface area contributed by atoms with Crippen LogP contribution in [0.1, 0.15) is 149 Å². The van der Waals surface area contributed by atoms with E-state index in [1.54, 1.807) is 102 Å². The number of rotatable bonds is 16. The first-order valence-corrected chi connectivity index (χ1v) is 28.3. The molecular weight excluding hydrogens is 1080 g/mol. The molecule has 84 heavy (non-hydrogen) atoms. The van der Waals surface area contributed by atoms with Gasteiger partial charge in [-0.2, -0.15) is 0 Å². The Labute approximate surface area is 496 Å². The van der Waals surface area contributed by atoms with E-state index in [1.807, 2.05) is 58.0 Å². The molecule has 458 valence electrons. The van der Waals surface area contributed by atoms with Crippen molar-refractivity contribution in [2.45, 2.75) is 175 Å². The molecule has 0 radical (unpaired) electrons. The van der Waals surface area contributed by atoms with Crippen molar-refractivity contribution in [3.05, 3.63) is 131 Å². The van der Waals surface area contributed by atoms with Gasteiger partial charge in [0.2, 0.25) is 5.60 Å². The zero-order chi connectivity index (χ0) is 63.8. The van der Waals surface area contributed by atoms with Gasteiger partial charge in [-0.1, -0.05) is 126 Å². The molecule has 4 aliphatic rings.